The number of carbonyl (C=O) groups is 2. The molecule has 2 aromatic carbocycles. The van der Waals surface area contributed by atoms with Crippen LogP contribution in [0.4, 0.5) is 14.5 Å². The van der Waals surface area contributed by atoms with E-state index in [-0.39, 0.29) is 11.5 Å². The lowest BCUT2D eigenvalue weighted by Crippen LogP contribution is -2.36. The highest BCUT2D eigenvalue weighted by Crippen LogP contribution is 2.20. The first-order valence-corrected chi connectivity index (χ1v) is 8.87. The second-order valence-corrected chi connectivity index (χ2v) is 6.36. The fourth-order valence-corrected chi connectivity index (χ4v) is 3.05. The van der Waals surface area contributed by atoms with E-state index in [4.69, 9.17) is 0 Å². The summed E-state index contributed by atoms with van der Waals surface area (Å²) in [6.07, 6.45) is 5.17. The normalized spacial score (nSPS) is 14.4. The van der Waals surface area contributed by atoms with Crippen molar-refractivity contribution in [3.63, 3.8) is 0 Å². The molecule has 1 aliphatic rings. The second-order valence-electron chi connectivity index (χ2n) is 6.36. The monoisotopic (exact) mass is 370 g/mol. The van der Waals surface area contributed by atoms with E-state index in [1.54, 1.807) is 29.2 Å². The zero-order valence-electron chi connectivity index (χ0n) is 14.8. The molecule has 0 spiro atoms. The summed E-state index contributed by atoms with van der Waals surface area (Å²) in [7, 11) is 0. The van der Waals surface area contributed by atoms with Gasteiger partial charge in [0, 0.05) is 24.7 Å². The number of piperidine rings is 1. The van der Waals surface area contributed by atoms with Crippen LogP contribution >= 0.6 is 0 Å². The van der Waals surface area contributed by atoms with E-state index in [2.05, 4.69) is 5.32 Å². The highest BCUT2D eigenvalue weighted by molar-refractivity contribution is 6.07. The molecule has 6 heteroatoms. The Balaban J connectivity index is 1.75. The van der Waals surface area contributed by atoms with Crippen molar-refractivity contribution < 1.29 is 18.4 Å². The van der Waals surface area contributed by atoms with Gasteiger partial charge in [-0.15, -0.1) is 0 Å². The number of nitrogens with one attached hydrogen (secondary N) is 1. The maximum absolute atomic E-state index is 13.6. The Morgan fingerprint density at radius 3 is 2.30 bits per heavy atom. The Hall–Kier alpha value is -3.02. The van der Waals surface area contributed by atoms with Gasteiger partial charge in [-0.3, -0.25) is 9.59 Å². The van der Waals surface area contributed by atoms with E-state index < -0.39 is 17.5 Å². The molecule has 1 fully saturated rings. The van der Waals surface area contributed by atoms with Crippen LogP contribution in [0.15, 0.2) is 48.5 Å². The largest absolute Gasteiger partial charge is 0.339 e. The predicted molar refractivity (Wildman–Crippen MR) is 100 cm³/mol. The lowest BCUT2D eigenvalue weighted by Gasteiger charge is -2.27. The van der Waals surface area contributed by atoms with Gasteiger partial charge in [0.25, 0.3) is 5.91 Å². The van der Waals surface area contributed by atoms with E-state index in [1.165, 1.54) is 6.07 Å². The van der Waals surface area contributed by atoms with Gasteiger partial charge in [-0.2, -0.15) is 0 Å². The number of halogens is 2. The minimum absolute atomic E-state index is 0.130. The molecule has 0 aromatic heterocycles. The van der Waals surface area contributed by atoms with Crippen LogP contribution in [-0.4, -0.2) is 29.8 Å². The Morgan fingerprint density at radius 1 is 0.926 bits per heavy atom. The van der Waals surface area contributed by atoms with Crippen molar-refractivity contribution in [3.05, 3.63) is 71.3 Å². The van der Waals surface area contributed by atoms with E-state index in [9.17, 15) is 18.4 Å². The summed E-state index contributed by atoms with van der Waals surface area (Å²) in [5, 5.41) is 2.62. The van der Waals surface area contributed by atoms with Crippen molar-refractivity contribution in [2.24, 2.45) is 0 Å². The highest BCUT2D eigenvalue weighted by atomic mass is 19.1. The molecular formula is C21H20F2N2O2. The molecule has 27 heavy (non-hydrogen) atoms. The molecule has 0 aliphatic carbocycles. The molecule has 4 nitrogen and oxygen atoms in total. The number of anilines is 1. The van der Waals surface area contributed by atoms with Crippen LogP contribution in [0, 0.1) is 11.6 Å². The molecule has 1 aliphatic heterocycles. The van der Waals surface area contributed by atoms with Crippen LogP contribution in [0.3, 0.4) is 0 Å². The number of para-hydroxylation sites is 1. The van der Waals surface area contributed by atoms with Gasteiger partial charge in [-0.25, -0.2) is 8.78 Å². The fourth-order valence-electron chi connectivity index (χ4n) is 3.05. The van der Waals surface area contributed by atoms with Crippen molar-refractivity contribution in [2.45, 2.75) is 19.3 Å². The number of hydrogen-bond acceptors (Lipinski definition) is 2. The van der Waals surface area contributed by atoms with Crippen molar-refractivity contribution in [1.29, 1.82) is 0 Å². The summed E-state index contributed by atoms with van der Waals surface area (Å²) in [5.74, 6) is -2.20. The Kier molecular flexibility index (Phi) is 5.96. The smallest absolute Gasteiger partial charge is 0.255 e. The first-order chi connectivity index (χ1) is 13.1. The van der Waals surface area contributed by atoms with Crippen molar-refractivity contribution in [2.75, 3.05) is 18.4 Å². The van der Waals surface area contributed by atoms with Crippen molar-refractivity contribution in [3.8, 4) is 0 Å². The second kappa shape index (κ2) is 8.58. The molecule has 2 amide bonds. The van der Waals surface area contributed by atoms with Crippen LogP contribution in [0.25, 0.3) is 6.08 Å². The zero-order chi connectivity index (χ0) is 19.2. The summed E-state index contributed by atoms with van der Waals surface area (Å²) in [5.41, 5.74) is 0.486. The molecule has 140 valence electrons. The number of likely N-dealkylation sites (tertiary alicyclic amines) is 1. The van der Waals surface area contributed by atoms with E-state index in [1.807, 2.05) is 0 Å². The number of hydrogen-bond donors (Lipinski definition) is 1. The molecule has 1 N–H and O–H groups in total. The molecule has 1 heterocycles. The number of benzene rings is 2. The molecule has 3 rings (SSSR count). The van der Waals surface area contributed by atoms with E-state index in [0.717, 1.165) is 43.5 Å². The molecule has 0 atom stereocenters. The standard InChI is InChI=1S/C21H20F2N2O2/c22-17-8-6-9-18(23)15(17)11-12-20(26)24-19-10-3-2-7-16(19)21(27)25-13-4-1-5-14-25/h2-3,6-12H,1,4-5,13-14H2,(H,24,26)/b12-11+. The average molecular weight is 370 g/mol. The van der Waals surface area contributed by atoms with Gasteiger partial charge >= 0.3 is 0 Å². The topological polar surface area (TPSA) is 49.4 Å². The third kappa shape index (κ3) is 4.58. The van der Waals surface area contributed by atoms with Gasteiger partial charge in [-0.1, -0.05) is 18.2 Å². The minimum Gasteiger partial charge on any atom is -0.339 e. The van der Waals surface area contributed by atoms with Gasteiger partial charge in [0.2, 0.25) is 5.91 Å². The SMILES string of the molecule is O=C(/C=C/c1c(F)cccc1F)Nc1ccccc1C(=O)N1CCCCC1. The summed E-state index contributed by atoms with van der Waals surface area (Å²) in [6, 6.07) is 10.2. The van der Waals surface area contributed by atoms with Crippen LogP contribution in [-0.2, 0) is 4.79 Å². The number of rotatable bonds is 4. The summed E-state index contributed by atoms with van der Waals surface area (Å²) >= 11 is 0. The van der Waals surface area contributed by atoms with Gasteiger partial charge in [-0.05, 0) is 49.6 Å². The molecule has 2 aromatic rings. The highest BCUT2D eigenvalue weighted by Gasteiger charge is 2.20. The van der Waals surface area contributed by atoms with Crippen LogP contribution in [0.2, 0.25) is 0 Å². The van der Waals surface area contributed by atoms with Gasteiger partial charge in [0.1, 0.15) is 11.6 Å². The zero-order valence-corrected chi connectivity index (χ0v) is 14.8. The van der Waals surface area contributed by atoms with Crippen molar-refractivity contribution in [1.82, 2.24) is 4.90 Å². The average Bonchev–Trinajstić information content (AvgIpc) is 2.68. The molecule has 1 saturated heterocycles. The third-order valence-corrected chi connectivity index (χ3v) is 4.46. The molecular weight excluding hydrogens is 350 g/mol. The van der Waals surface area contributed by atoms with E-state index >= 15 is 0 Å². The van der Waals surface area contributed by atoms with Gasteiger partial charge < -0.3 is 10.2 Å². The number of nitrogens with zero attached hydrogens (tertiary/aromatic N) is 1. The maximum Gasteiger partial charge on any atom is 0.255 e. The van der Waals surface area contributed by atoms with Crippen LogP contribution in [0.5, 0.6) is 0 Å². The van der Waals surface area contributed by atoms with Crippen molar-refractivity contribution >= 4 is 23.6 Å². The maximum atomic E-state index is 13.6. The number of amides is 2. The predicted octanol–water partition coefficient (Wildman–Crippen LogP) is 4.24. The summed E-state index contributed by atoms with van der Waals surface area (Å²) in [6.45, 7) is 1.40. The Bertz CT molecular complexity index is 854. The fraction of sp³-hybridized carbons (Fsp3) is 0.238. The van der Waals surface area contributed by atoms with Gasteiger partial charge in [0.15, 0.2) is 0 Å². The van der Waals surface area contributed by atoms with Crippen LogP contribution < -0.4 is 5.32 Å². The lowest BCUT2D eigenvalue weighted by molar-refractivity contribution is -0.111. The van der Waals surface area contributed by atoms with E-state index in [0.29, 0.717) is 24.3 Å². The Morgan fingerprint density at radius 2 is 1.59 bits per heavy atom. The summed E-state index contributed by atoms with van der Waals surface area (Å²) in [4.78, 5) is 26.7. The number of carbonyl (C=O) groups excluding carboxylic acids is 2. The Labute approximate surface area is 156 Å². The van der Waals surface area contributed by atoms with Crippen LogP contribution in [0.1, 0.15) is 35.2 Å². The first kappa shape index (κ1) is 18.8. The minimum atomic E-state index is -0.750. The molecule has 0 unspecified atom stereocenters. The first-order valence-electron chi connectivity index (χ1n) is 8.87. The third-order valence-electron chi connectivity index (χ3n) is 4.46. The molecule has 0 saturated carbocycles. The molecule has 0 bridgehead atoms. The van der Waals surface area contributed by atoms with Gasteiger partial charge in [0.05, 0.1) is 11.3 Å². The quantitative estimate of drug-likeness (QED) is 0.819. The lowest BCUT2D eigenvalue weighted by atomic mass is 10.1. The summed E-state index contributed by atoms with van der Waals surface area (Å²) < 4.78 is 27.3. The molecule has 0 radical (unpaired) electrons.